The van der Waals surface area contributed by atoms with Gasteiger partial charge in [0.25, 0.3) is 0 Å². The Labute approximate surface area is 296 Å². The summed E-state index contributed by atoms with van der Waals surface area (Å²) in [5, 5.41) is -0.946. The molecule has 0 atom stereocenters. The lowest BCUT2D eigenvalue weighted by molar-refractivity contribution is 0.447. The minimum absolute atomic E-state index is 0.00148. The molecule has 0 aliphatic rings. The molecule has 0 unspecified atom stereocenters. The molecule has 0 aliphatic heterocycles. The molecule has 0 nitrogen and oxygen atoms in total. The van der Waals surface area contributed by atoms with E-state index in [9.17, 15) is 17.6 Å². The molecule has 0 bridgehead atoms. The molecule has 264 valence electrons. The highest BCUT2D eigenvalue weighted by molar-refractivity contribution is 5.92. The van der Waals surface area contributed by atoms with Gasteiger partial charge in [0.1, 0.15) is 29.1 Å². The zero-order valence-corrected chi connectivity index (χ0v) is 28.3. The van der Waals surface area contributed by atoms with Gasteiger partial charge in [-0.2, -0.15) is 0 Å². The van der Waals surface area contributed by atoms with Crippen LogP contribution in [0.5, 0.6) is 0 Å². The maximum atomic E-state index is 15.7. The molecule has 52 heavy (non-hydrogen) atoms. The van der Waals surface area contributed by atoms with Gasteiger partial charge in [0.15, 0.2) is 17.5 Å². The number of unbranched alkanes of at least 4 members (excludes halogenated alkanes) is 2. The molecule has 0 radical (unpaired) electrons. The molecular formula is C44H32F8. The molecule has 0 spiro atoms. The van der Waals surface area contributed by atoms with Crippen molar-refractivity contribution in [1.82, 2.24) is 0 Å². The van der Waals surface area contributed by atoms with E-state index in [2.05, 4.69) is 18.8 Å². The first-order chi connectivity index (χ1) is 25.0. The zero-order chi connectivity index (χ0) is 37.1. The Morgan fingerprint density at radius 1 is 0.481 bits per heavy atom. The molecule has 0 saturated heterocycles. The molecule has 6 aromatic rings. The largest absolute Gasteiger partial charge is 0.206 e. The van der Waals surface area contributed by atoms with Gasteiger partial charge >= 0.3 is 0 Å². The monoisotopic (exact) mass is 712 g/mol. The number of fused-ring (bicyclic) bond motifs is 1. The maximum Gasteiger partial charge on any atom is 0.194 e. The summed E-state index contributed by atoms with van der Waals surface area (Å²) in [6.45, 7) is 4.05. The second-order valence-electron chi connectivity index (χ2n) is 12.7. The summed E-state index contributed by atoms with van der Waals surface area (Å²) in [7, 11) is 0. The summed E-state index contributed by atoms with van der Waals surface area (Å²) in [6.07, 6.45) is 5.20. The van der Waals surface area contributed by atoms with Crippen molar-refractivity contribution in [2.45, 2.75) is 52.4 Å². The SMILES string of the molecule is CCCCCc1ccc(-c2ccc(C#Cc3cc(F)c(-c4cc(F)c5c(F)c(-c6cc(F)c(F)c(F)c6)c(F)cc5c4)cc3CCC)cc2)c(F)c1. The van der Waals surface area contributed by atoms with Crippen LogP contribution in [-0.2, 0) is 12.8 Å². The Morgan fingerprint density at radius 3 is 1.85 bits per heavy atom. The molecular weight excluding hydrogens is 680 g/mol. The van der Waals surface area contributed by atoms with Crippen molar-refractivity contribution in [3.05, 3.63) is 154 Å². The van der Waals surface area contributed by atoms with Gasteiger partial charge in [0, 0.05) is 22.3 Å². The minimum Gasteiger partial charge on any atom is -0.206 e. The lowest BCUT2D eigenvalue weighted by Crippen LogP contribution is -1.99. The quantitative estimate of drug-likeness (QED) is 0.0606. The Kier molecular flexibility index (Phi) is 10.8. The summed E-state index contributed by atoms with van der Waals surface area (Å²) in [6, 6.07) is 18.8. The Morgan fingerprint density at radius 2 is 1.17 bits per heavy atom. The average Bonchev–Trinajstić information content (AvgIpc) is 3.10. The Hall–Kier alpha value is -5.42. The van der Waals surface area contributed by atoms with Crippen molar-refractivity contribution in [1.29, 1.82) is 0 Å². The van der Waals surface area contributed by atoms with E-state index in [1.807, 2.05) is 13.0 Å². The summed E-state index contributed by atoms with van der Waals surface area (Å²) in [5.74, 6) is -4.04. The summed E-state index contributed by atoms with van der Waals surface area (Å²) in [4.78, 5) is 0. The summed E-state index contributed by atoms with van der Waals surface area (Å²) >= 11 is 0. The summed E-state index contributed by atoms with van der Waals surface area (Å²) in [5.41, 5.74) is 2.21. The van der Waals surface area contributed by atoms with Crippen molar-refractivity contribution < 1.29 is 35.1 Å². The minimum atomic E-state index is -1.82. The van der Waals surface area contributed by atoms with Crippen LogP contribution in [0.4, 0.5) is 35.1 Å². The van der Waals surface area contributed by atoms with Gasteiger partial charge in [-0.15, -0.1) is 0 Å². The lowest BCUT2D eigenvalue weighted by atomic mass is 9.93. The molecule has 0 aromatic heterocycles. The molecule has 0 heterocycles. The van der Waals surface area contributed by atoms with Gasteiger partial charge in [-0.25, -0.2) is 35.1 Å². The van der Waals surface area contributed by atoms with Gasteiger partial charge in [-0.1, -0.05) is 69.2 Å². The number of halogens is 8. The standard InChI is InChI=1S/C44H32F8/c1-3-5-6-8-26-12-16-33(35(45)17-26)27-13-9-25(10-14-27)11-15-29-20-36(46)34(19-28(29)7-4-2)30-18-31-22-38(48)42(44(52)41(31)37(47)21-30)32-23-39(49)43(51)40(50)24-32/h9-10,12-14,16-24H,3-8H2,1-2H3. The van der Waals surface area contributed by atoms with E-state index in [4.69, 9.17) is 0 Å². The van der Waals surface area contributed by atoms with Gasteiger partial charge < -0.3 is 0 Å². The first-order valence-electron chi connectivity index (χ1n) is 17.0. The molecule has 0 N–H and O–H groups in total. The average molecular weight is 713 g/mol. The lowest BCUT2D eigenvalue weighted by Gasteiger charge is -2.14. The third kappa shape index (κ3) is 7.45. The maximum absolute atomic E-state index is 15.7. The van der Waals surface area contributed by atoms with Crippen LogP contribution < -0.4 is 0 Å². The molecule has 6 aromatic carbocycles. The van der Waals surface area contributed by atoms with Crippen molar-refractivity contribution in [3.63, 3.8) is 0 Å². The zero-order valence-electron chi connectivity index (χ0n) is 28.3. The summed E-state index contributed by atoms with van der Waals surface area (Å²) < 4.78 is 118. The fourth-order valence-electron chi connectivity index (χ4n) is 6.36. The number of benzene rings is 6. The molecule has 0 saturated carbocycles. The van der Waals surface area contributed by atoms with Gasteiger partial charge in [-0.05, 0) is 113 Å². The van der Waals surface area contributed by atoms with Gasteiger partial charge in [0.05, 0.1) is 10.9 Å². The smallest absolute Gasteiger partial charge is 0.194 e. The van der Waals surface area contributed by atoms with E-state index >= 15 is 17.6 Å². The van der Waals surface area contributed by atoms with Crippen LogP contribution in [0, 0.1) is 58.4 Å². The van der Waals surface area contributed by atoms with Crippen molar-refractivity contribution in [2.75, 3.05) is 0 Å². The molecule has 8 heteroatoms. The second kappa shape index (κ2) is 15.4. The first kappa shape index (κ1) is 36.4. The van der Waals surface area contributed by atoms with Crippen LogP contribution in [0.25, 0.3) is 44.2 Å². The molecule has 0 amide bonds. The topological polar surface area (TPSA) is 0 Å². The third-order valence-electron chi connectivity index (χ3n) is 9.02. The highest BCUT2D eigenvalue weighted by Crippen LogP contribution is 2.38. The van der Waals surface area contributed by atoms with E-state index in [1.165, 1.54) is 18.2 Å². The highest BCUT2D eigenvalue weighted by Gasteiger charge is 2.23. The van der Waals surface area contributed by atoms with Crippen LogP contribution in [-0.4, -0.2) is 0 Å². The van der Waals surface area contributed by atoms with E-state index in [0.717, 1.165) is 43.4 Å². The van der Waals surface area contributed by atoms with E-state index in [-0.39, 0.29) is 22.3 Å². The molecule has 0 fully saturated rings. The van der Waals surface area contributed by atoms with E-state index in [1.54, 1.807) is 36.4 Å². The number of hydrogen-bond acceptors (Lipinski definition) is 0. The highest BCUT2D eigenvalue weighted by atomic mass is 19.2. The molecule has 0 aliphatic carbocycles. The van der Waals surface area contributed by atoms with Gasteiger partial charge in [-0.3, -0.25) is 0 Å². The second-order valence-corrected chi connectivity index (χ2v) is 12.7. The predicted molar refractivity (Wildman–Crippen MR) is 190 cm³/mol. The fourth-order valence-corrected chi connectivity index (χ4v) is 6.36. The Balaban J connectivity index is 1.30. The number of hydrogen-bond donors (Lipinski definition) is 0. The van der Waals surface area contributed by atoms with Crippen LogP contribution in [0.3, 0.4) is 0 Å². The number of aryl methyl sites for hydroxylation is 2. The normalized spacial score (nSPS) is 11.2. The molecule has 6 rings (SSSR count). The number of rotatable bonds is 9. The van der Waals surface area contributed by atoms with Crippen LogP contribution >= 0.6 is 0 Å². The van der Waals surface area contributed by atoms with Crippen LogP contribution in [0.2, 0.25) is 0 Å². The predicted octanol–water partition coefficient (Wildman–Crippen LogP) is 13.0. The van der Waals surface area contributed by atoms with E-state index in [0.29, 0.717) is 52.8 Å². The van der Waals surface area contributed by atoms with Crippen LogP contribution in [0.1, 0.15) is 61.8 Å². The van der Waals surface area contributed by atoms with Gasteiger partial charge in [0.2, 0.25) is 0 Å². The van der Waals surface area contributed by atoms with Crippen molar-refractivity contribution in [3.8, 4) is 45.2 Å². The Bertz CT molecular complexity index is 2340. The van der Waals surface area contributed by atoms with Crippen molar-refractivity contribution in [2.24, 2.45) is 0 Å². The van der Waals surface area contributed by atoms with E-state index < -0.39 is 57.2 Å². The van der Waals surface area contributed by atoms with Crippen LogP contribution in [0.15, 0.2) is 84.9 Å². The fraction of sp³-hybridized carbons (Fsp3) is 0.182. The third-order valence-corrected chi connectivity index (χ3v) is 9.02. The first-order valence-corrected chi connectivity index (χ1v) is 17.0. The van der Waals surface area contributed by atoms with Crippen molar-refractivity contribution >= 4 is 10.8 Å².